The molecule has 5 heteroatoms. The number of anilines is 1. The molecule has 0 unspecified atom stereocenters. The number of amides is 1. The summed E-state index contributed by atoms with van der Waals surface area (Å²) in [5.74, 6) is 0.0743. The molecule has 1 heterocycles. The fourth-order valence-electron chi connectivity index (χ4n) is 2.83. The normalized spacial score (nSPS) is 15.6. The third-order valence-corrected chi connectivity index (χ3v) is 4.36. The summed E-state index contributed by atoms with van der Waals surface area (Å²) in [5, 5.41) is 0.647. The van der Waals surface area contributed by atoms with E-state index in [1.807, 2.05) is 23.1 Å². The average Bonchev–Trinajstić information content (AvgIpc) is 2.56. The first-order chi connectivity index (χ1) is 11.1. The second-order valence-corrected chi connectivity index (χ2v) is 6.26. The lowest BCUT2D eigenvalue weighted by Gasteiger charge is -2.34. The minimum atomic E-state index is 0.0743. The predicted octanol–water partition coefficient (Wildman–Crippen LogP) is 2.88. The zero-order valence-corrected chi connectivity index (χ0v) is 13.7. The van der Waals surface area contributed by atoms with E-state index in [0.29, 0.717) is 10.6 Å². The van der Waals surface area contributed by atoms with Crippen molar-refractivity contribution < 1.29 is 4.79 Å². The van der Waals surface area contributed by atoms with Crippen LogP contribution in [0.25, 0.3) is 0 Å². The van der Waals surface area contributed by atoms with E-state index in [-0.39, 0.29) is 5.91 Å². The van der Waals surface area contributed by atoms with Crippen LogP contribution < -0.4 is 5.73 Å². The maximum Gasteiger partial charge on any atom is 0.253 e. The smallest absolute Gasteiger partial charge is 0.253 e. The van der Waals surface area contributed by atoms with Gasteiger partial charge < -0.3 is 10.6 Å². The summed E-state index contributed by atoms with van der Waals surface area (Å²) < 4.78 is 0. The van der Waals surface area contributed by atoms with Crippen molar-refractivity contribution in [2.45, 2.75) is 6.54 Å². The van der Waals surface area contributed by atoms with E-state index in [2.05, 4.69) is 11.0 Å². The molecule has 0 atom stereocenters. The Morgan fingerprint density at radius 2 is 1.74 bits per heavy atom. The molecule has 0 aliphatic carbocycles. The minimum absolute atomic E-state index is 0.0743. The summed E-state index contributed by atoms with van der Waals surface area (Å²) in [6, 6.07) is 15.0. The van der Waals surface area contributed by atoms with Gasteiger partial charge in [-0.2, -0.15) is 0 Å². The van der Waals surface area contributed by atoms with Gasteiger partial charge in [-0.3, -0.25) is 9.69 Å². The van der Waals surface area contributed by atoms with Gasteiger partial charge in [0.15, 0.2) is 0 Å². The first kappa shape index (κ1) is 15.8. The first-order valence-electron chi connectivity index (χ1n) is 7.73. The van der Waals surface area contributed by atoms with Gasteiger partial charge in [0.2, 0.25) is 0 Å². The molecule has 2 aromatic carbocycles. The Balaban J connectivity index is 1.55. The van der Waals surface area contributed by atoms with E-state index in [4.69, 9.17) is 17.3 Å². The maximum absolute atomic E-state index is 12.5. The molecule has 2 aromatic rings. The minimum Gasteiger partial charge on any atom is -0.399 e. The van der Waals surface area contributed by atoms with Crippen LogP contribution in [0.2, 0.25) is 5.02 Å². The fourth-order valence-corrected chi connectivity index (χ4v) is 2.96. The highest BCUT2D eigenvalue weighted by atomic mass is 35.5. The van der Waals surface area contributed by atoms with Gasteiger partial charge in [-0.05, 0) is 42.0 Å². The molecule has 3 rings (SSSR count). The van der Waals surface area contributed by atoms with Crippen molar-refractivity contribution in [1.82, 2.24) is 9.80 Å². The van der Waals surface area contributed by atoms with Crippen molar-refractivity contribution in [3.8, 4) is 0 Å². The van der Waals surface area contributed by atoms with Gasteiger partial charge >= 0.3 is 0 Å². The molecule has 23 heavy (non-hydrogen) atoms. The van der Waals surface area contributed by atoms with Crippen molar-refractivity contribution in [3.63, 3.8) is 0 Å². The SMILES string of the molecule is Nc1cccc(CN2CCN(C(=O)c3ccc(Cl)cc3)CC2)c1. The topological polar surface area (TPSA) is 49.6 Å². The van der Waals surface area contributed by atoms with E-state index >= 15 is 0 Å². The van der Waals surface area contributed by atoms with Crippen LogP contribution in [0, 0.1) is 0 Å². The van der Waals surface area contributed by atoms with E-state index in [1.165, 1.54) is 5.56 Å². The molecule has 2 N–H and O–H groups in total. The van der Waals surface area contributed by atoms with Gasteiger partial charge in [0.1, 0.15) is 0 Å². The lowest BCUT2D eigenvalue weighted by molar-refractivity contribution is 0.0628. The molecule has 0 aromatic heterocycles. The molecular weight excluding hydrogens is 310 g/mol. The van der Waals surface area contributed by atoms with Gasteiger partial charge in [0.05, 0.1) is 0 Å². The largest absolute Gasteiger partial charge is 0.399 e. The van der Waals surface area contributed by atoms with Crippen LogP contribution in [0.5, 0.6) is 0 Å². The van der Waals surface area contributed by atoms with Crippen LogP contribution in [-0.2, 0) is 6.54 Å². The zero-order chi connectivity index (χ0) is 16.2. The number of halogens is 1. The van der Waals surface area contributed by atoms with Crippen LogP contribution in [0.3, 0.4) is 0 Å². The molecule has 1 amide bonds. The Labute approximate surface area is 141 Å². The number of benzene rings is 2. The Kier molecular flexibility index (Phi) is 4.84. The molecule has 0 saturated carbocycles. The Hall–Kier alpha value is -2.04. The maximum atomic E-state index is 12.5. The van der Waals surface area contributed by atoms with E-state index in [9.17, 15) is 4.79 Å². The summed E-state index contributed by atoms with van der Waals surface area (Å²) in [6.07, 6.45) is 0. The van der Waals surface area contributed by atoms with Crippen molar-refractivity contribution >= 4 is 23.2 Å². The number of piperazine rings is 1. The number of nitrogens with zero attached hydrogens (tertiary/aromatic N) is 2. The zero-order valence-electron chi connectivity index (χ0n) is 12.9. The van der Waals surface area contributed by atoms with E-state index in [0.717, 1.165) is 38.4 Å². The highest BCUT2D eigenvalue weighted by Gasteiger charge is 2.22. The third-order valence-electron chi connectivity index (χ3n) is 4.11. The summed E-state index contributed by atoms with van der Waals surface area (Å²) >= 11 is 5.87. The second-order valence-electron chi connectivity index (χ2n) is 5.82. The van der Waals surface area contributed by atoms with Crippen molar-refractivity contribution in [3.05, 3.63) is 64.7 Å². The van der Waals surface area contributed by atoms with Crippen molar-refractivity contribution in [2.75, 3.05) is 31.9 Å². The van der Waals surface area contributed by atoms with Crippen LogP contribution in [0.4, 0.5) is 5.69 Å². The number of nitrogen functional groups attached to an aromatic ring is 1. The van der Waals surface area contributed by atoms with Gasteiger partial charge in [0.25, 0.3) is 5.91 Å². The van der Waals surface area contributed by atoms with Gasteiger partial charge in [0, 0.05) is 49.0 Å². The Bertz CT molecular complexity index is 679. The summed E-state index contributed by atoms with van der Waals surface area (Å²) in [7, 11) is 0. The van der Waals surface area contributed by atoms with Gasteiger partial charge in [-0.15, -0.1) is 0 Å². The summed E-state index contributed by atoms with van der Waals surface area (Å²) in [5.41, 5.74) is 8.51. The molecule has 0 bridgehead atoms. The predicted molar refractivity (Wildman–Crippen MR) is 93.5 cm³/mol. The van der Waals surface area contributed by atoms with E-state index < -0.39 is 0 Å². The van der Waals surface area contributed by atoms with Crippen molar-refractivity contribution in [1.29, 1.82) is 0 Å². The number of carbonyl (C=O) groups is 1. The lowest BCUT2D eigenvalue weighted by Crippen LogP contribution is -2.48. The number of rotatable bonds is 3. The van der Waals surface area contributed by atoms with Gasteiger partial charge in [-0.1, -0.05) is 23.7 Å². The fraction of sp³-hybridized carbons (Fsp3) is 0.278. The highest BCUT2D eigenvalue weighted by molar-refractivity contribution is 6.30. The summed E-state index contributed by atoms with van der Waals surface area (Å²) in [6.45, 7) is 4.09. The number of hydrogen-bond donors (Lipinski definition) is 1. The van der Waals surface area contributed by atoms with Crippen LogP contribution in [-0.4, -0.2) is 41.9 Å². The molecule has 4 nitrogen and oxygen atoms in total. The third kappa shape index (κ3) is 4.03. The molecule has 1 aliphatic rings. The number of nitrogens with two attached hydrogens (primary N) is 1. The van der Waals surface area contributed by atoms with Gasteiger partial charge in [-0.25, -0.2) is 0 Å². The van der Waals surface area contributed by atoms with E-state index in [1.54, 1.807) is 24.3 Å². The molecule has 120 valence electrons. The standard InChI is InChI=1S/C18H20ClN3O/c19-16-6-4-15(5-7-16)18(23)22-10-8-21(9-11-22)13-14-2-1-3-17(20)12-14/h1-7,12H,8-11,13,20H2. The molecule has 1 fully saturated rings. The second kappa shape index (κ2) is 7.02. The molecule has 0 spiro atoms. The van der Waals surface area contributed by atoms with Crippen LogP contribution in [0.1, 0.15) is 15.9 Å². The number of hydrogen-bond acceptors (Lipinski definition) is 3. The summed E-state index contributed by atoms with van der Waals surface area (Å²) in [4.78, 5) is 16.7. The van der Waals surface area contributed by atoms with Crippen LogP contribution in [0.15, 0.2) is 48.5 Å². The quantitative estimate of drug-likeness (QED) is 0.881. The number of carbonyl (C=O) groups excluding carboxylic acids is 1. The molecule has 0 radical (unpaired) electrons. The molecular formula is C18H20ClN3O. The highest BCUT2D eigenvalue weighted by Crippen LogP contribution is 2.15. The average molecular weight is 330 g/mol. The first-order valence-corrected chi connectivity index (χ1v) is 8.11. The Morgan fingerprint density at radius 3 is 2.39 bits per heavy atom. The molecule has 1 saturated heterocycles. The monoisotopic (exact) mass is 329 g/mol. The molecule has 1 aliphatic heterocycles. The van der Waals surface area contributed by atoms with Crippen molar-refractivity contribution in [2.24, 2.45) is 0 Å². The lowest BCUT2D eigenvalue weighted by atomic mass is 10.1. The Morgan fingerprint density at radius 1 is 1.04 bits per heavy atom. The van der Waals surface area contributed by atoms with Crippen LogP contribution >= 0.6 is 11.6 Å².